The van der Waals surface area contributed by atoms with Gasteiger partial charge in [-0.15, -0.1) is 11.3 Å². The summed E-state index contributed by atoms with van der Waals surface area (Å²) in [7, 11) is -0.699. The average molecular weight is 273 g/mol. The number of carbonyl (C=O) groups is 1. The minimum Gasteiger partial charge on any atom is -0.348 e. The second kappa shape index (κ2) is 5.70. The lowest BCUT2D eigenvalue weighted by Gasteiger charge is -2.21. The first-order valence-corrected chi connectivity index (χ1v) is 7.86. The van der Waals surface area contributed by atoms with Crippen molar-refractivity contribution in [1.29, 1.82) is 0 Å². The van der Waals surface area contributed by atoms with Gasteiger partial charge in [-0.3, -0.25) is 9.00 Å². The first-order chi connectivity index (χ1) is 8.19. The number of nitrogens with zero attached hydrogens (tertiary/aromatic N) is 1. The summed E-state index contributed by atoms with van der Waals surface area (Å²) < 4.78 is 11.2. The number of thiazole rings is 1. The molecule has 0 aromatic carbocycles. The van der Waals surface area contributed by atoms with Crippen molar-refractivity contribution in [2.45, 2.75) is 25.4 Å². The SMILES string of the molecule is NCc1nc(C(=O)NC2CCS(=O)CC2)cs1. The van der Waals surface area contributed by atoms with Crippen molar-refractivity contribution in [2.75, 3.05) is 11.5 Å². The average Bonchev–Trinajstić information content (AvgIpc) is 2.81. The van der Waals surface area contributed by atoms with Crippen molar-refractivity contribution >= 4 is 28.0 Å². The Kier molecular flexibility index (Phi) is 4.25. The van der Waals surface area contributed by atoms with Crippen LogP contribution < -0.4 is 11.1 Å². The molecule has 1 amide bonds. The van der Waals surface area contributed by atoms with Crippen LogP contribution >= 0.6 is 11.3 Å². The zero-order valence-corrected chi connectivity index (χ0v) is 11.0. The van der Waals surface area contributed by atoms with E-state index in [4.69, 9.17) is 5.73 Å². The maximum absolute atomic E-state index is 11.8. The summed E-state index contributed by atoms with van der Waals surface area (Å²) in [5.74, 6) is 1.20. The monoisotopic (exact) mass is 273 g/mol. The number of nitrogens with two attached hydrogens (primary N) is 1. The van der Waals surface area contributed by atoms with E-state index in [0.29, 0.717) is 23.7 Å². The second-order valence-corrected chi connectivity index (χ2v) is 6.57. The van der Waals surface area contributed by atoms with Crippen LogP contribution in [0.2, 0.25) is 0 Å². The van der Waals surface area contributed by atoms with Gasteiger partial charge in [-0.1, -0.05) is 0 Å². The minimum atomic E-state index is -0.699. The first-order valence-electron chi connectivity index (χ1n) is 5.49. The Hall–Kier alpha value is -0.790. The minimum absolute atomic E-state index is 0.128. The van der Waals surface area contributed by atoms with Crippen LogP contribution in [-0.4, -0.2) is 32.6 Å². The second-order valence-electron chi connectivity index (χ2n) is 3.93. The summed E-state index contributed by atoms with van der Waals surface area (Å²) in [6.07, 6.45) is 1.57. The zero-order chi connectivity index (χ0) is 12.3. The molecule has 0 aliphatic carbocycles. The number of carbonyl (C=O) groups excluding carboxylic acids is 1. The van der Waals surface area contributed by atoms with Crippen LogP contribution in [-0.2, 0) is 17.3 Å². The lowest BCUT2D eigenvalue weighted by molar-refractivity contribution is 0.0930. The molecule has 0 atom stereocenters. The number of amides is 1. The number of aromatic nitrogens is 1. The van der Waals surface area contributed by atoms with E-state index in [9.17, 15) is 9.00 Å². The third kappa shape index (κ3) is 3.34. The van der Waals surface area contributed by atoms with Gasteiger partial charge in [0.1, 0.15) is 10.7 Å². The van der Waals surface area contributed by atoms with Crippen LogP contribution in [0.15, 0.2) is 5.38 Å². The maximum Gasteiger partial charge on any atom is 0.270 e. The van der Waals surface area contributed by atoms with Crippen molar-refractivity contribution in [3.8, 4) is 0 Å². The van der Waals surface area contributed by atoms with Gasteiger partial charge < -0.3 is 11.1 Å². The number of hydrogen-bond donors (Lipinski definition) is 2. The van der Waals surface area contributed by atoms with Crippen molar-refractivity contribution in [3.63, 3.8) is 0 Å². The Balaban J connectivity index is 1.90. The molecule has 0 saturated carbocycles. The van der Waals surface area contributed by atoms with E-state index in [1.807, 2.05) is 0 Å². The topological polar surface area (TPSA) is 85.1 Å². The van der Waals surface area contributed by atoms with Gasteiger partial charge in [0, 0.05) is 40.3 Å². The van der Waals surface area contributed by atoms with Crippen LogP contribution in [0.3, 0.4) is 0 Å². The fourth-order valence-electron chi connectivity index (χ4n) is 1.71. The van der Waals surface area contributed by atoms with E-state index < -0.39 is 10.8 Å². The highest BCUT2D eigenvalue weighted by atomic mass is 32.2. The molecule has 5 nitrogen and oxygen atoms in total. The molecular formula is C10H15N3O2S2. The van der Waals surface area contributed by atoms with E-state index in [0.717, 1.165) is 17.8 Å². The summed E-state index contributed by atoms with van der Waals surface area (Å²) >= 11 is 1.39. The number of hydrogen-bond acceptors (Lipinski definition) is 5. The molecular weight excluding hydrogens is 258 g/mol. The lowest BCUT2D eigenvalue weighted by atomic mass is 10.1. The standard InChI is InChI=1S/C10H15N3O2S2/c11-5-9-13-8(6-16-9)10(14)12-7-1-3-17(15)4-2-7/h6-7H,1-5,11H2,(H,12,14). The summed E-state index contributed by atoms with van der Waals surface area (Å²) in [5.41, 5.74) is 5.88. The lowest BCUT2D eigenvalue weighted by Crippen LogP contribution is -2.39. The van der Waals surface area contributed by atoms with Gasteiger partial charge >= 0.3 is 0 Å². The molecule has 17 heavy (non-hydrogen) atoms. The summed E-state index contributed by atoms with van der Waals surface area (Å²) in [6.45, 7) is 0.361. The van der Waals surface area contributed by atoms with Gasteiger partial charge in [0.05, 0.1) is 0 Å². The van der Waals surface area contributed by atoms with Crippen molar-refractivity contribution < 1.29 is 9.00 Å². The summed E-state index contributed by atoms with van der Waals surface area (Å²) in [6, 6.07) is 0.128. The van der Waals surface area contributed by atoms with Gasteiger partial charge in [-0.25, -0.2) is 4.98 Å². The fourth-order valence-corrected chi connectivity index (χ4v) is 3.66. The van der Waals surface area contributed by atoms with Gasteiger partial charge in [0.15, 0.2) is 0 Å². The molecule has 0 radical (unpaired) electrons. The Bertz CT molecular complexity index is 423. The molecule has 2 heterocycles. The van der Waals surface area contributed by atoms with Crippen molar-refractivity contribution in [3.05, 3.63) is 16.1 Å². The molecule has 1 aromatic rings. The highest BCUT2D eigenvalue weighted by Gasteiger charge is 2.21. The molecule has 7 heteroatoms. The van der Waals surface area contributed by atoms with Gasteiger partial charge in [0.25, 0.3) is 5.91 Å². The maximum atomic E-state index is 11.8. The number of nitrogens with one attached hydrogen (secondary N) is 1. The van der Waals surface area contributed by atoms with Gasteiger partial charge in [-0.2, -0.15) is 0 Å². The molecule has 1 aliphatic heterocycles. The third-order valence-corrected chi connectivity index (χ3v) is 4.94. The predicted molar refractivity (Wildman–Crippen MR) is 68.4 cm³/mol. The van der Waals surface area contributed by atoms with Crippen LogP contribution in [0.5, 0.6) is 0 Å². The smallest absolute Gasteiger partial charge is 0.270 e. The van der Waals surface area contributed by atoms with E-state index in [2.05, 4.69) is 10.3 Å². The summed E-state index contributed by atoms with van der Waals surface area (Å²) in [5, 5.41) is 5.41. The Labute approximate surface area is 106 Å². The molecule has 1 fully saturated rings. The zero-order valence-electron chi connectivity index (χ0n) is 9.35. The van der Waals surface area contributed by atoms with E-state index in [1.165, 1.54) is 11.3 Å². The highest BCUT2D eigenvalue weighted by Crippen LogP contribution is 2.12. The molecule has 1 aliphatic rings. The van der Waals surface area contributed by atoms with E-state index in [1.54, 1.807) is 5.38 Å². The summed E-state index contributed by atoms with van der Waals surface area (Å²) in [4.78, 5) is 16.0. The van der Waals surface area contributed by atoms with E-state index in [-0.39, 0.29) is 11.9 Å². The molecule has 94 valence electrons. The van der Waals surface area contributed by atoms with Crippen LogP contribution in [0.25, 0.3) is 0 Å². The third-order valence-electron chi connectivity index (χ3n) is 2.68. The molecule has 3 N–H and O–H groups in total. The van der Waals surface area contributed by atoms with E-state index >= 15 is 0 Å². The van der Waals surface area contributed by atoms with Crippen molar-refractivity contribution in [1.82, 2.24) is 10.3 Å². The molecule has 0 unspecified atom stereocenters. The molecule has 1 saturated heterocycles. The Morgan fingerprint density at radius 1 is 1.59 bits per heavy atom. The Morgan fingerprint density at radius 2 is 2.29 bits per heavy atom. The highest BCUT2D eigenvalue weighted by molar-refractivity contribution is 7.85. The molecule has 2 rings (SSSR count). The van der Waals surface area contributed by atoms with Crippen LogP contribution in [0.1, 0.15) is 28.3 Å². The van der Waals surface area contributed by atoms with Gasteiger partial charge in [-0.05, 0) is 12.8 Å². The molecule has 1 aromatic heterocycles. The largest absolute Gasteiger partial charge is 0.348 e. The van der Waals surface area contributed by atoms with Crippen LogP contribution in [0.4, 0.5) is 0 Å². The van der Waals surface area contributed by atoms with Gasteiger partial charge in [0.2, 0.25) is 0 Å². The van der Waals surface area contributed by atoms with Crippen molar-refractivity contribution in [2.24, 2.45) is 5.73 Å². The Morgan fingerprint density at radius 3 is 2.88 bits per heavy atom. The quantitative estimate of drug-likeness (QED) is 0.826. The fraction of sp³-hybridized carbons (Fsp3) is 0.600. The van der Waals surface area contributed by atoms with Crippen LogP contribution in [0, 0.1) is 0 Å². The normalized spacial score (nSPS) is 24.5. The number of rotatable bonds is 3. The molecule has 0 bridgehead atoms. The predicted octanol–water partition coefficient (Wildman–Crippen LogP) is 0.243. The molecule has 0 spiro atoms. The first kappa shape index (κ1) is 12.7.